The van der Waals surface area contributed by atoms with E-state index in [0.717, 1.165) is 35.2 Å². The highest BCUT2D eigenvalue weighted by Gasteiger charge is 2.23. The number of ether oxygens (including phenoxy) is 1. The van der Waals surface area contributed by atoms with Gasteiger partial charge < -0.3 is 14.7 Å². The molecule has 1 unspecified atom stereocenters. The van der Waals surface area contributed by atoms with Crippen LogP contribution in [0.4, 0.5) is 5.69 Å². The normalized spacial score (nSPS) is 11.6. The number of aliphatic carboxylic acids is 1. The monoisotopic (exact) mass is 487 g/mol. The van der Waals surface area contributed by atoms with Crippen LogP contribution in [0.1, 0.15) is 79.4 Å². The lowest BCUT2D eigenvalue weighted by Gasteiger charge is -2.26. The highest BCUT2D eigenvalue weighted by Crippen LogP contribution is 2.28. The summed E-state index contributed by atoms with van der Waals surface area (Å²) in [6.45, 7) is 6.88. The van der Waals surface area contributed by atoms with Gasteiger partial charge >= 0.3 is 5.97 Å². The molecule has 3 rings (SSSR count). The number of carboxylic acids is 1. The zero-order valence-electron chi connectivity index (χ0n) is 21.6. The van der Waals surface area contributed by atoms with Gasteiger partial charge in [-0.05, 0) is 66.8 Å². The van der Waals surface area contributed by atoms with Crippen LogP contribution >= 0.6 is 0 Å². The number of amides is 1. The third-order valence-corrected chi connectivity index (χ3v) is 6.49. The van der Waals surface area contributed by atoms with Gasteiger partial charge in [-0.1, -0.05) is 75.6 Å². The topological polar surface area (TPSA) is 66.8 Å². The van der Waals surface area contributed by atoms with E-state index >= 15 is 0 Å². The number of rotatable bonds is 13. The number of hydrogen-bond acceptors (Lipinski definition) is 3. The molecule has 0 saturated heterocycles. The average molecular weight is 488 g/mol. The van der Waals surface area contributed by atoms with Crippen molar-refractivity contribution in [2.24, 2.45) is 0 Å². The van der Waals surface area contributed by atoms with Crippen molar-refractivity contribution >= 4 is 17.6 Å². The van der Waals surface area contributed by atoms with Gasteiger partial charge in [0.15, 0.2) is 0 Å². The minimum absolute atomic E-state index is 0.128. The van der Waals surface area contributed by atoms with Gasteiger partial charge in [-0.25, -0.2) is 0 Å². The number of para-hydroxylation sites is 1. The van der Waals surface area contributed by atoms with Crippen molar-refractivity contribution in [1.82, 2.24) is 0 Å². The number of unbranched alkanes of at least 4 members (excludes halogenated alkanes) is 3. The van der Waals surface area contributed by atoms with Crippen LogP contribution < -0.4 is 9.64 Å². The molecule has 190 valence electrons. The van der Waals surface area contributed by atoms with Crippen LogP contribution in [0, 0.1) is 0 Å². The SMILES string of the molecule is CCCCCCOc1cccc(C(=O)N(Cc2cccc(C(C)C(=O)O)c2CC)c2ccccc2)c1. The summed E-state index contributed by atoms with van der Waals surface area (Å²) in [6.07, 6.45) is 5.18. The fourth-order valence-corrected chi connectivity index (χ4v) is 4.42. The first-order chi connectivity index (χ1) is 17.5. The molecule has 0 aliphatic heterocycles. The average Bonchev–Trinajstić information content (AvgIpc) is 2.91. The Morgan fingerprint density at radius 3 is 2.36 bits per heavy atom. The summed E-state index contributed by atoms with van der Waals surface area (Å²) < 4.78 is 5.92. The molecule has 3 aromatic carbocycles. The third kappa shape index (κ3) is 6.97. The van der Waals surface area contributed by atoms with Gasteiger partial charge in [-0.3, -0.25) is 9.59 Å². The van der Waals surface area contributed by atoms with Crippen LogP contribution in [0.2, 0.25) is 0 Å². The molecule has 5 heteroatoms. The predicted octanol–water partition coefficient (Wildman–Crippen LogP) is 7.24. The molecule has 0 aliphatic rings. The molecule has 0 aliphatic carbocycles. The molecule has 3 aromatic rings. The summed E-state index contributed by atoms with van der Waals surface area (Å²) in [5.41, 5.74) is 4.06. The molecule has 0 bridgehead atoms. The third-order valence-electron chi connectivity index (χ3n) is 6.49. The van der Waals surface area contributed by atoms with Crippen LogP contribution in [0.25, 0.3) is 0 Å². The molecule has 5 nitrogen and oxygen atoms in total. The quantitative estimate of drug-likeness (QED) is 0.258. The first kappa shape index (κ1) is 27.0. The van der Waals surface area contributed by atoms with Gasteiger partial charge in [-0.15, -0.1) is 0 Å². The highest BCUT2D eigenvalue weighted by molar-refractivity contribution is 6.06. The van der Waals surface area contributed by atoms with Crippen molar-refractivity contribution in [1.29, 1.82) is 0 Å². The van der Waals surface area contributed by atoms with E-state index in [2.05, 4.69) is 6.92 Å². The molecule has 0 aromatic heterocycles. The van der Waals surface area contributed by atoms with Crippen LogP contribution in [0.5, 0.6) is 5.75 Å². The Hall–Kier alpha value is -3.60. The number of hydrogen-bond donors (Lipinski definition) is 1. The minimum Gasteiger partial charge on any atom is -0.494 e. The fraction of sp³-hybridized carbons (Fsp3) is 0.355. The molecular formula is C31H37NO4. The number of carboxylic acid groups (broad SMARTS) is 1. The summed E-state index contributed by atoms with van der Waals surface area (Å²) >= 11 is 0. The van der Waals surface area contributed by atoms with Crippen molar-refractivity contribution in [3.63, 3.8) is 0 Å². The Morgan fingerprint density at radius 2 is 1.67 bits per heavy atom. The summed E-state index contributed by atoms with van der Waals surface area (Å²) in [4.78, 5) is 27.3. The Bertz CT molecular complexity index is 1140. The lowest BCUT2D eigenvalue weighted by molar-refractivity contribution is -0.138. The van der Waals surface area contributed by atoms with Crippen LogP contribution in [-0.2, 0) is 17.8 Å². The van der Waals surface area contributed by atoms with Gasteiger partial charge in [-0.2, -0.15) is 0 Å². The van der Waals surface area contributed by atoms with E-state index in [1.165, 1.54) is 12.8 Å². The van der Waals surface area contributed by atoms with E-state index in [1.807, 2.05) is 79.7 Å². The first-order valence-corrected chi connectivity index (χ1v) is 12.9. The van der Waals surface area contributed by atoms with Gasteiger partial charge in [0.25, 0.3) is 5.91 Å². The Labute approximate surface area is 214 Å². The van der Waals surface area contributed by atoms with Crippen molar-refractivity contribution in [3.8, 4) is 5.75 Å². The zero-order valence-corrected chi connectivity index (χ0v) is 21.6. The van der Waals surface area contributed by atoms with E-state index in [4.69, 9.17) is 4.74 Å². The van der Waals surface area contributed by atoms with Crippen LogP contribution in [0.15, 0.2) is 72.8 Å². The summed E-state index contributed by atoms with van der Waals surface area (Å²) in [6, 6.07) is 22.7. The highest BCUT2D eigenvalue weighted by atomic mass is 16.5. The second-order valence-corrected chi connectivity index (χ2v) is 9.06. The Morgan fingerprint density at radius 1 is 0.917 bits per heavy atom. The number of nitrogens with zero attached hydrogens (tertiary/aromatic N) is 1. The second-order valence-electron chi connectivity index (χ2n) is 9.06. The number of benzene rings is 3. The lowest BCUT2D eigenvalue weighted by atomic mass is 9.90. The minimum atomic E-state index is -0.857. The van der Waals surface area contributed by atoms with Gasteiger partial charge in [0, 0.05) is 11.3 Å². The molecule has 0 spiro atoms. The largest absolute Gasteiger partial charge is 0.494 e. The molecule has 0 heterocycles. The van der Waals surface area contributed by atoms with Crippen LogP contribution in [0.3, 0.4) is 0 Å². The van der Waals surface area contributed by atoms with Crippen molar-refractivity contribution in [3.05, 3.63) is 95.1 Å². The van der Waals surface area contributed by atoms with Gasteiger partial charge in [0.05, 0.1) is 19.1 Å². The molecular weight excluding hydrogens is 450 g/mol. The van der Waals surface area contributed by atoms with Gasteiger partial charge in [0.2, 0.25) is 0 Å². The molecule has 0 radical (unpaired) electrons. The van der Waals surface area contributed by atoms with Gasteiger partial charge in [0.1, 0.15) is 5.75 Å². The fourth-order valence-electron chi connectivity index (χ4n) is 4.42. The molecule has 1 N–H and O–H groups in total. The number of anilines is 1. The Kier molecular flexibility index (Phi) is 10.1. The summed E-state index contributed by atoms with van der Waals surface area (Å²) in [7, 11) is 0. The summed E-state index contributed by atoms with van der Waals surface area (Å²) in [5, 5.41) is 9.60. The van der Waals surface area contributed by atoms with Crippen molar-refractivity contribution in [2.75, 3.05) is 11.5 Å². The molecule has 1 amide bonds. The molecule has 1 atom stereocenters. The maximum absolute atomic E-state index is 13.8. The maximum Gasteiger partial charge on any atom is 0.310 e. The van der Waals surface area contributed by atoms with Crippen molar-refractivity contribution in [2.45, 2.75) is 65.3 Å². The smallest absolute Gasteiger partial charge is 0.310 e. The zero-order chi connectivity index (χ0) is 25.9. The number of carbonyl (C=O) groups excluding carboxylic acids is 1. The lowest BCUT2D eigenvalue weighted by Crippen LogP contribution is -2.31. The number of carbonyl (C=O) groups is 2. The summed E-state index contributed by atoms with van der Waals surface area (Å²) in [5.74, 6) is -0.912. The van der Waals surface area contributed by atoms with Crippen molar-refractivity contribution < 1.29 is 19.4 Å². The predicted molar refractivity (Wildman–Crippen MR) is 145 cm³/mol. The standard InChI is InChI=1S/C31H37NO4/c1-4-6-7-11-20-36-27-18-12-14-24(21-27)30(33)32(26-16-9-8-10-17-26)22-25-15-13-19-29(28(25)5-2)23(3)31(34)35/h8-10,12-19,21,23H,4-7,11,20,22H2,1-3H3,(H,34,35). The van der Waals surface area contributed by atoms with E-state index < -0.39 is 11.9 Å². The van der Waals surface area contributed by atoms with E-state index in [-0.39, 0.29) is 5.91 Å². The molecule has 36 heavy (non-hydrogen) atoms. The first-order valence-electron chi connectivity index (χ1n) is 12.9. The maximum atomic E-state index is 13.8. The van der Waals surface area contributed by atoms with E-state index in [0.29, 0.717) is 30.9 Å². The molecule has 0 saturated carbocycles. The molecule has 0 fully saturated rings. The second kappa shape index (κ2) is 13.5. The Balaban J connectivity index is 1.90. The van der Waals surface area contributed by atoms with Crippen LogP contribution in [-0.4, -0.2) is 23.6 Å². The van der Waals surface area contributed by atoms with E-state index in [9.17, 15) is 14.7 Å². The van der Waals surface area contributed by atoms with E-state index in [1.54, 1.807) is 11.8 Å².